The molecule has 0 spiro atoms. The van der Waals surface area contributed by atoms with E-state index in [0.717, 1.165) is 5.56 Å². The molecule has 0 saturated heterocycles. The number of nitrogens with one attached hydrogen (secondary N) is 1. The van der Waals surface area contributed by atoms with Crippen LogP contribution >= 0.6 is 0 Å². The summed E-state index contributed by atoms with van der Waals surface area (Å²) >= 11 is 0. The van der Waals surface area contributed by atoms with Crippen molar-refractivity contribution in [2.45, 2.75) is 6.42 Å². The van der Waals surface area contributed by atoms with Crippen LogP contribution in [0.15, 0.2) is 30.3 Å². The van der Waals surface area contributed by atoms with Crippen LogP contribution in [0.2, 0.25) is 0 Å². The average Bonchev–Trinajstić information content (AvgIpc) is 2.04. The van der Waals surface area contributed by atoms with Gasteiger partial charge >= 0.3 is 0 Å². The lowest BCUT2D eigenvalue weighted by Crippen LogP contribution is -2.29. The second kappa shape index (κ2) is 4.40. The molecule has 1 N–H and O–H groups in total. The van der Waals surface area contributed by atoms with Crippen LogP contribution in [0.4, 0.5) is 0 Å². The van der Waals surface area contributed by atoms with Gasteiger partial charge < -0.3 is 0 Å². The average molecular weight is 176 g/mol. The van der Waals surface area contributed by atoms with E-state index >= 15 is 0 Å². The molecule has 0 unspecified atom stereocenters. The number of carbonyl (C=O) groups excluding carboxylic acids is 2. The molecule has 0 saturated carbocycles. The summed E-state index contributed by atoms with van der Waals surface area (Å²) in [6, 6.07) is 9.21. The highest BCUT2D eigenvalue weighted by molar-refractivity contribution is 5.97. The monoisotopic (exact) mass is 176 g/mol. The molecule has 0 aliphatic heterocycles. The zero-order chi connectivity index (χ0) is 9.68. The Hall–Kier alpha value is -1.64. The zero-order valence-corrected chi connectivity index (χ0v) is 7.12. The second-order valence-electron chi connectivity index (χ2n) is 2.63. The van der Waals surface area contributed by atoms with E-state index in [4.69, 9.17) is 0 Å². The molecular weight excluding hydrogens is 166 g/mol. The lowest BCUT2D eigenvalue weighted by Gasteiger charge is -2.00. The van der Waals surface area contributed by atoms with Crippen LogP contribution in [-0.4, -0.2) is 11.8 Å². The Morgan fingerprint density at radius 2 is 1.85 bits per heavy atom. The minimum Gasteiger partial charge on any atom is -0.296 e. The van der Waals surface area contributed by atoms with E-state index in [1.54, 1.807) is 0 Å². The number of carbonyl (C=O) groups is 2. The maximum absolute atomic E-state index is 11.1. The number of imide groups is 1. The Morgan fingerprint density at radius 3 is 2.38 bits per heavy atom. The Labute approximate surface area is 76.8 Å². The quantitative estimate of drug-likeness (QED) is 0.721. The maximum Gasteiger partial charge on any atom is 0.230 e. The molecule has 1 aromatic carbocycles. The largest absolute Gasteiger partial charge is 0.296 e. The number of hydrogen-bond acceptors (Lipinski definition) is 2. The van der Waals surface area contributed by atoms with Gasteiger partial charge in [0.2, 0.25) is 11.8 Å². The van der Waals surface area contributed by atoms with Crippen molar-refractivity contribution in [3.05, 3.63) is 42.8 Å². The SMILES string of the molecule is [CH2]C(=O)NC(=O)Cc1ccccc1. The van der Waals surface area contributed by atoms with Gasteiger partial charge in [0.05, 0.1) is 6.42 Å². The van der Waals surface area contributed by atoms with Crippen LogP contribution in [0.3, 0.4) is 0 Å². The molecule has 2 amide bonds. The van der Waals surface area contributed by atoms with Crippen LogP contribution in [-0.2, 0) is 16.0 Å². The van der Waals surface area contributed by atoms with Crippen LogP contribution in [0, 0.1) is 6.92 Å². The zero-order valence-electron chi connectivity index (χ0n) is 7.12. The number of hydrogen-bond donors (Lipinski definition) is 1. The van der Waals surface area contributed by atoms with E-state index in [1.807, 2.05) is 30.3 Å². The van der Waals surface area contributed by atoms with Crippen molar-refractivity contribution in [2.75, 3.05) is 0 Å². The minimum atomic E-state index is -0.569. The first-order chi connectivity index (χ1) is 6.18. The summed E-state index contributed by atoms with van der Waals surface area (Å²) in [6.07, 6.45) is 0.210. The molecule has 0 aliphatic carbocycles. The second-order valence-corrected chi connectivity index (χ2v) is 2.63. The molecule has 0 heterocycles. The van der Waals surface area contributed by atoms with Gasteiger partial charge in [-0.2, -0.15) is 0 Å². The molecular formula is C10H10NO2. The predicted molar refractivity (Wildman–Crippen MR) is 48.7 cm³/mol. The molecule has 3 nitrogen and oxygen atoms in total. The highest BCUT2D eigenvalue weighted by Gasteiger charge is 2.03. The van der Waals surface area contributed by atoms with Gasteiger partial charge in [0.15, 0.2) is 0 Å². The minimum absolute atomic E-state index is 0.210. The maximum atomic E-state index is 11.1. The summed E-state index contributed by atoms with van der Waals surface area (Å²) in [7, 11) is 0. The van der Waals surface area contributed by atoms with Gasteiger partial charge in [0.1, 0.15) is 0 Å². The van der Waals surface area contributed by atoms with Gasteiger partial charge in [-0.05, 0) is 5.56 Å². The van der Waals surface area contributed by atoms with E-state index in [-0.39, 0.29) is 12.3 Å². The first-order valence-corrected chi connectivity index (χ1v) is 3.88. The lowest BCUT2D eigenvalue weighted by molar-refractivity contribution is -0.127. The van der Waals surface area contributed by atoms with Gasteiger partial charge in [-0.25, -0.2) is 0 Å². The number of amides is 2. The molecule has 1 rings (SSSR count). The van der Waals surface area contributed by atoms with Crippen LogP contribution < -0.4 is 5.32 Å². The van der Waals surface area contributed by atoms with Crippen molar-refractivity contribution in [3.8, 4) is 0 Å². The fourth-order valence-corrected chi connectivity index (χ4v) is 0.981. The standard InChI is InChI=1S/C10H10NO2/c1-8(12)11-10(13)7-9-5-3-2-4-6-9/h2-6H,1,7H2,(H,11,12,13). The van der Waals surface area contributed by atoms with Crippen molar-refractivity contribution >= 4 is 11.8 Å². The molecule has 0 bridgehead atoms. The summed E-state index contributed by atoms with van der Waals surface area (Å²) in [5, 5.41) is 2.10. The van der Waals surface area contributed by atoms with Crippen LogP contribution in [0.1, 0.15) is 5.56 Å². The molecule has 0 atom stereocenters. The number of rotatable bonds is 2. The summed E-state index contributed by atoms with van der Waals surface area (Å²) in [5.41, 5.74) is 0.876. The van der Waals surface area contributed by atoms with E-state index < -0.39 is 5.91 Å². The summed E-state index contributed by atoms with van der Waals surface area (Å²) in [6.45, 7) is 3.05. The molecule has 0 fully saturated rings. The Bertz CT molecular complexity index is 306. The normalized spacial score (nSPS) is 9.31. The molecule has 67 valence electrons. The van der Waals surface area contributed by atoms with E-state index in [2.05, 4.69) is 12.2 Å². The highest BCUT2D eigenvalue weighted by atomic mass is 16.2. The van der Waals surface area contributed by atoms with Crippen LogP contribution in [0.5, 0.6) is 0 Å². The van der Waals surface area contributed by atoms with Crippen molar-refractivity contribution in [3.63, 3.8) is 0 Å². The van der Waals surface area contributed by atoms with Crippen molar-refractivity contribution in [1.82, 2.24) is 5.32 Å². The van der Waals surface area contributed by atoms with Crippen LogP contribution in [0.25, 0.3) is 0 Å². The summed E-state index contributed by atoms with van der Waals surface area (Å²) < 4.78 is 0. The van der Waals surface area contributed by atoms with Crippen molar-refractivity contribution in [2.24, 2.45) is 0 Å². The fraction of sp³-hybridized carbons (Fsp3) is 0.100. The van der Waals surface area contributed by atoms with Gasteiger partial charge in [-0.1, -0.05) is 30.3 Å². The third kappa shape index (κ3) is 3.51. The molecule has 1 aromatic rings. The number of benzene rings is 1. The topological polar surface area (TPSA) is 46.2 Å². The van der Waals surface area contributed by atoms with E-state index in [9.17, 15) is 9.59 Å². The summed E-state index contributed by atoms with van der Waals surface area (Å²) in [5.74, 6) is -0.896. The smallest absolute Gasteiger partial charge is 0.230 e. The summed E-state index contributed by atoms with van der Waals surface area (Å²) in [4.78, 5) is 21.5. The third-order valence-electron chi connectivity index (χ3n) is 1.49. The highest BCUT2D eigenvalue weighted by Crippen LogP contribution is 1.98. The molecule has 1 radical (unpaired) electrons. The van der Waals surface area contributed by atoms with Crippen molar-refractivity contribution < 1.29 is 9.59 Å². The van der Waals surface area contributed by atoms with E-state index in [1.165, 1.54) is 0 Å². The van der Waals surface area contributed by atoms with Gasteiger partial charge in [-0.15, -0.1) is 0 Å². The molecule has 13 heavy (non-hydrogen) atoms. The first-order valence-electron chi connectivity index (χ1n) is 3.88. The Balaban J connectivity index is 2.50. The van der Waals surface area contributed by atoms with Gasteiger partial charge in [-0.3, -0.25) is 14.9 Å². The van der Waals surface area contributed by atoms with Gasteiger partial charge in [0, 0.05) is 6.92 Å². The van der Waals surface area contributed by atoms with E-state index in [0.29, 0.717) is 0 Å². The lowest BCUT2D eigenvalue weighted by atomic mass is 10.1. The molecule has 0 aromatic heterocycles. The fourth-order valence-electron chi connectivity index (χ4n) is 0.981. The molecule has 3 heteroatoms. The Morgan fingerprint density at radius 1 is 1.23 bits per heavy atom. The van der Waals surface area contributed by atoms with Crippen molar-refractivity contribution in [1.29, 1.82) is 0 Å². The third-order valence-corrected chi connectivity index (χ3v) is 1.49. The molecule has 0 aliphatic rings. The first kappa shape index (κ1) is 9.45. The predicted octanol–water partition coefficient (Wildman–Crippen LogP) is 0.706. The van der Waals surface area contributed by atoms with Gasteiger partial charge in [0.25, 0.3) is 0 Å². The Kier molecular flexibility index (Phi) is 3.20.